The summed E-state index contributed by atoms with van der Waals surface area (Å²) < 4.78 is 5.63. The quantitative estimate of drug-likeness (QED) is 0.794. The molecular weight excluding hydrogens is 214 g/mol. The number of anilines is 1. The van der Waals surface area contributed by atoms with E-state index in [0.717, 1.165) is 38.4 Å². The van der Waals surface area contributed by atoms with Crippen LogP contribution in [-0.4, -0.2) is 30.8 Å². The van der Waals surface area contributed by atoms with Gasteiger partial charge < -0.3 is 9.64 Å². The van der Waals surface area contributed by atoms with Crippen molar-refractivity contribution in [2.75, 3.05) is 24.6 Å². The monoisotopic (exact) mass is 231 g/mol. The molecule has 4 heteroatoms. The minimum atomic E-state index is 0.308. The van der Waals surface area contributed by atoms with Crippen LogP contribution in [0.3, 0.4) is 0 Å². The normalized spacial score (nSPS) is 18.9. The molecule has 1 unspecified atom stereocenters. The van der Waals surface area contributed by atoms with Gasteiger partial charge in [-0.2, -0.15) is 5.26 Å². The van der Waals surface area contributed by atoms with Gasteiger partial charge in [0, 0.05) is 19.7 Å². The van der Waals surface area contributed by atoms with Crippen molar-refractivity contribution in [3.05, 3.63) is 23.9 Å². The summed E-state index contributed by atoms with van der Waals surface area (Å²) in [5, 5.41) is 8.85. The zero-order chi connectivity index (χ0) is 12.1. The fraction of sp³-hybridized carbons (Fsp3) is 0.538. The first kappa shape index (κ1) is 11.9. The molecule has 0 bridgehead atoms. The van der Waals surface area contributed by atoms with E-state index in [0.29, 0.717) is 11.8 Å². The highest BCUT2D eigenvalue weighted by Crippen LogP contribution is 2.17. The first-order chi connectivity index (χ1) is 8.33. The van der Waals surface area contributed by atoms with Gasteiger partial charge in [0.15, 0.2) is 0 Å². The van der Waals surface area contributed by atoms with E-state index in [1.165, 1.54) is 0 Å². The Labute approximate surface area is 102 Å². The first-order valence-corrected chi connectivity index (χ1v) is 6.07. The molecule has 1 aromatic rings. The lowest BCUT2D eigenvalue weighted by atomic mass is 10.2. The number of nitrogens with zero attached hydrogens (tertiary/aromatic N) is 3. The second-order valence-electron chi connectivity index (χ2n) is 4.17. The number of nitriles is 1. The molecule has 90 valence electrons. The molecule has 2 heterocycles. The lowest BCUT2D eigenvalue weighted by molar-refractivity contribution is 0.115. The Kier molecular flexibility index (Phi) is 3.94. The molecule has 0 radical (unpaired) electrons. The van der Waals surface area contributed by atoms with Crippen LogP contribution in [0.4, 0.5) is 5.82 Å². The number of rotatable bonds is 4. The second-order valence-corrected chi connectivity index (χ2v) is 4.17. The summed E-state index contributed by atoms with van der Waals surface area (Å²) in [5.41, 5.74) is 0.466. The molecule has 2 rings (SSSR count). The Morgan fingerprint density at radius 3 is 3.12 bits per heavy atom. The summed E-state index contributed by atoms with van der Waals surface area (Å²) >= 11 is 0. The van der Waals surface area contributed by atoms with Gasteiger partial charge in [-0.05, 0) is 31.9 Å². The highest BCUT2D eigenvalue weighted by molar-refractivity contribution is 5.41. The van der Waals surface area contributed by atoms with Crippen LogP contribution >= 0.6 is 0 Å². The molecule has 0 spiro atoms. The van der Waals surface area contributed by atoms with E-state index in [-0.39, 0.29) is 0 Å². The summed E-state index contributed by atoms with van der Waals surface area (Å²) in [5.74, 6) is 0.863. The Morgan fingerprint density at radius 2 is 2.47 bits per heavy atom. The van der Waals surface area contributed by atoms with Gasteiger partial charge >= 0.3 is 0 Å². The van der Waals surface area contributed by atoms with Crippen molar-refractivity contribution in [3.63, 3.8) is 0 Å². The van der Waals surface area contributed by atoms with E-state index in [1.807, 2.05) is 12.1 Å². The maximum atomic E-state index is 8.85. The molecule has 0 N–H and O–H groups in total. The number of pyridine rings is 1. The SMILES string of the molecule is CCN(CC1CCCO1)c1cccc(C#N)n1. The summed E-state index contributed by atoms with van der Waals surface area (Å²) in [4.78, 5) is 6.48. The third-order valence-electron chi connectivity index (χ3n) is 3.00. The Hall–Kier alpha value is -1.60. The van der Waals surface area contributed by atoms with Crippen LogP contribution in [0, 0.1) is 11.3 Å². The molecular formula is C13H17N3O. The van der Waals surface area contributed by atoms with Crippen molar-refractivity contribution in [1.29, 1.82) is 5.26 Å². The molecule has 17 heavy (non-hydrogen) atoms. The van der Waals surface area contributed by atoms with Gasteiger partial charge in [0.1, 0.15) is 17.6 Å². The number of hydrogen-bond donors (Lipinski definition) is 0. The fourth-order valence-corrected chi connectivity index (χ4v) is 2.08. The number of aromatic nitrogens is 1. The zero-order valence-electron chi connectivity index (χ0n) is 10.1. The molecule has 1 atom stereocenters. The minimum absolute atomic E-state index is 0.308. The maximum absolute atomic E-state index is 8.85. The van der Waals surface area contributed by atoms with Crippen molar-refractivity contribution in [1.82, 2.24) is 4.98 Å². The van der Waals surface area contributed by atoms with Crippen molar-refractivity contribution < 1.29 is 4.74 Å². The summed E-state index contributed by atoms with van der Waals surface area (Å²) in [6, 6.07) is 7.61. The topological polar surface area (TPSA) is 49.1 Å². The Bertz CT molecular complexity index is 407. The van der Waals surface area contributed by atoms with E-state index in [2.05, 4.69) is 22.9 Å². The molecule has 1 aliphatic rings. The zero-order valence-corrected chi connectivity index (χ0v) is 10.1. The highest BCUT2D eigenvalue weighted by Gasteiger charge is 2.19. The molecule has 1 fully saturated rings. The lowest BCUT2D eigenvalue weighted by Crippen LogP contribution is -2.32. The van der Waals surface area contributed by atoms with Gasteiger partial charge in [0.2, 0.25) is 0 Å². The third kappa shape index (κ3) is 2.95. The second kappa shape index (κ2) is 5.65. The van der Waals surface area contributed by atoms with E-state index >= 15 is 0 Å². The Morgan fingerprint density at radius 1 is 1.59 bits per heavy atom. The molecule has 1 aliphatic heterocycles. The van der Waals surface area contributed by atoms with E-state index in [1.54, 1.807) is 6.07 Å². The van der Waals surface area contributed by atoms with E-state index in [4.69, 9.17) is 10.00 Å². The molecule has 0 aromatic carbocycles. The van der Waals surface area contributed by atoms with Crippen molar-refractivity contribution in [2.45, 2.75) is 25.9 Å². The van der Waals surface area contributed by atoms with E-state index < -0.39 is 0 Å². The van der Waals surface area contributed by atoms with Crippen molar-refractivity contribution >= 4 is 5.82 Å². The maximum Gasteiger partial charge on any atom is 0.142 e. The number of likely N-dealkylation sites (N-methyl/N-ethyl adjacent to an activating group) is 1. The minimum Gasteiger partial charge on any atom is -0.376 e. The summed E-state index contributed by atoms with van der Waals surface area (Å²) in [6.07, 6.45) is 2.57. The van der Waals surface area contributed by atoms with Crippen LogP contribution in [-0.2, 0) is 4.74 Å². The smallest absolute Gasteiger partial charge is 0.142 e. The van der Waals surface area contributed by atoms with Gasteiger partial charge in [-0.15, -0.1) is 0 Å². The lowest BCUT2D eigenvalue weighted by Gasteiger charge is -2.24. The Balaban J connectivity index is 2.08. The van der Waals surface area contributed by atoms with Crippen molar-refractivity contribution in [2.24, 2.45) is 0 Å². The third-order valence-corrected chi connectivity index (χ3v) is 3.00. The fourth-order valence-electron chi connectivity index (χ4n) is 2.08. The predicted octanol–water partition coefficient (Wildman–Crippen LogP) is 1.96. The molecule has 1 aromatic heterocycles. The standard InChI is InChI=1S/C13H17N3O/c1-2-16(10-12-6-4-8-17-12)13-7-3-5-11(9-14)15-13/h3,5,7,12H,2,4,6,8,10H2,1H3. The average Bonchev–Trinajstić information content (AvgIpc) is 2.89. The van der Waals surface area contributed by atoms with Crippen LogP contribution in [0.1, 0.15) is 25.5 Å². The predicted molar refractivity (Wildman–Crippen MR) is 65.8 cm³/mol. The van der Waals surface area contributed by atoms with E-state index in [9.17, 15) is 0 Å². The first-order valence-electron chi connectivity index (χ1n) is 6.07. The number of ether oxygens (including phenoxy) is 1. The van der Waals surface area contributed by atoms with Crippen LogP contribution in [0.15, 0.2) is 18.2 Å². The molecule has 0 amide bonds. The van der Waals surface area contributed by atoms with Gasteiger partial charge in [0.25, 0.3) is 0 Å². The van der Waals surface area contributed by atoms with Crippen LogP contribution < -0.4 is 4.90 Å². The molecule has 1 saturated heterocycles. The summed E-state index contributed by atoms with van der Waals surface area (Å²) in [7, 11) is 0. The molecule has 0 saturated carbocycles. The number of hydrogen-bond acceptors (Lipinski definition) is 4. The van der Waals surface area contributed by atoms with Gasteiger partial charge in [-0.3, -0.25) is 0 Å². The largest absolute Gasteiger partial charge is 0.376 e. The summed E-state index contributed by atoms with van der Waals surface area (Å²) in [6.45, 7) is 4.70. The molecule has 4 nitrogen and oxygen atoms in total. The van der Waals surface area contributed by atoms with Crippen LogP contribution in [0.2, 0.25) is 0 Å². The molecule has 0 aliphatic carbocycles. The van der Waals surface area contributed by atoms with Crippen molar-refractivity contribution in [3.8, 4) is 6.07 Å². The van der Waals surface area contributed by atoms with Crippen LogP contribution in [0.25, 0.3) is 0 Å². The van der Waals surface area contributed by atoms with Gasteiger partial charge in [-0.25, -0.2) is 4.98 Å². The highest BCUT2D eigenvalue weighted by atomic mass is 16.5. The van der Waals surface area contributed by atoms with Gasteiger partial charge in [0.05, 0.1) is 6.10 Å². The van der Waals surface area contributed by atoms with Crippen LogP contribution in [0.5, 0.6) is 0 Å². The average molecular weight is 231 g/mol. The van der Waals surface area contributed by atoms with Gasteiger partial charge in [-0.1, -0.05) is 6.07 Å².